The number of carbonyl (C=O) groups is 1. The molecule has 0 bridgehead atoms. The van der Waals surface area contributed by atoms with Gasteiger partial charge in [0.05, 0.1) is 5.39 Å². The number of ether oxygens (including phenoxy) is 2. The zero-order chi connectivity index (χ0) is 18.8. The summed E-state index contributed by atoms with van der Waals surface area (Å²) < 4.78 is 16.9. The molecular formula is C21H19NO5. The van der Waals surface area contributed by atoms with Gasteiger partial charge in [-0.2, -0.15) is 0 Å². The highest BCUT2D eigenvalue weighted by Gasteiger charge is 2.24. The Balaban J connectivity index is 1.64. The number of para-hydroxylation sites is 1. The first-order chi connectivity index (χ1) is 13.1. The molecular weight excluding hydrogens is 346 g/mol. The third-order valence-corrected chi connectivity index (χ3v) is 4.51. The second-order valence-electron chi connectivity index (χ2n) is 6.46. The van der Waals surface area contributed by atoms with Gasteiger partial charge in [0.15, 0.2) is 0 Å². The largest absolute Gasteiger partial charge is 0.457 e. The minimum atomic E-state index is -0.324. The number of carbonyl (C=O) groups excluding carboxylic acids is 1. The summed E-state index contributed by atoms with van der Waals surface area (Å²) in [6.07, 6.45) is 1.72. The molecule has 2 heterocycles. The van der Waals surface area contributed by atoms with Gasteiger partial charge in [-0.3, -0.25) is 4.79 Å². The van der Waals surface area contributed by atoms with E-state index in [1.54, 1.807) is 37.3 Å². The van der Waals surface area contributed by atoms with E-state index in [9.17, 15) is 9.59 Å². The number of esters is 1. The predicted molar refractivity (Wildman–Crippen MR) is 100 cm³/mol. The number of fused-ring (bicyclic) bond motifs is 1. The van der Waals surface area contributed by atoms with Crippen molar-refractivity contribution >= 4 is 16.9 Å². The van der Waals surface area contributed by atoms with Crippen LogP contribution in [-0.2, 0) is 4.79 Å². The van der Waals surface area contributed by atoms with Crippen molar-refractivity contribution in [2.45, 2.75) is 25.8 Å². The SMILES string of the molecule is Cc1oc2cc(OC(=O)[C@@H]3CCCN3)ccc2c(=O)c1Oc1ccccc1. The molecule has 1 aromatic heterocycles. The maximum Gasteiger partial charge on any atom is 0.328 e. The number of benzene rings is 2. The quantitative estimate of drug-likeness (QED) is 0.563. The zero-order valence-corrected chi connectivity index (χ0v) is 14.9. The van der Waals surface area contributed by atoms with Crippen molar-refractivity contribution in [3.8, 4) is 17.2 Å². The molecule has 1 N–H and O–H groups in total. The number of rotatable bonds is 4. The van der Waals surface area contributed by atoms with Crippen molar-refractivity contribution in [3.05, 3.63) is 64.5 Å². The van der Waals surface area contributed by atoms with Crippen LogP contribution >= 0.6 is 0 Å². The molecule has 2 aromatic carbocycles. The van der Waals surface area contributed by atoms with Crippen molar-refractivity contribution in [3.63, 3.8) is 0 Å². The van der Waals surface area contributed by atoms with Crippen LogP contribution in [0.5, 0.6) is 17.2 Å². The van der Waals surface area contributed by atoms with E-state index in [4.69, 9.17) is 13.9 Å². The Morgan fingerprint density at radius 2 is 1.96 bits per heavy atom. The van der Waals surface area contributed by atoms with Crippen LogP contribution in [0.15, 0.2) is 57.7 Å². The molecule has 0 aliphatic carbocycles. The highest BCUT2D eigenvalue weighted by atomic mass is 16.5. The first kappa shape index (κ1) is 17.3. The molecule has 3 aromatic rings. The second kappa shape index (κ2) is 7.25. The van der Waals surface area contributed by atoms with E-state index >= 15 is 0 Å². The van der Waals surface area contributed by atoms with E-state index in [0.29, 0.717) is 28.2 Å². The smallest absolute Gasteiger partial charge is 0.328 e. The van der Waals surface area contributed by atoms with Gasteiger partial charge in [-0.05, 0) is 50.6 Å². The summed E-state index contributed by atoms with van der Waals surface area (Å²) in [5.41, 5.74) is 0.0792. The van der Waals surface area contributed by atoms with Crippen LogP contribution < -0.4 is 20.2 Å². The van der Waals surface area contributed by atoms with Gasteiger partial charge in [0.25, 0.3) is 0 Å². The predicted octanol–water partition coefficient (Wildman–Crippen LogP) is 3.55. The highest BCUT2D eigenvalue weighted by molar-refractivity contribution is 5.82. The summed E-state index contributed by atoms with van der Waals surface area (Å²) in [6, 6.07) is 13.5. The molecule has 0 radical (unpaired) electrons. The van der Waals surface area contributed by atoms with Gasteiger partial charge >= 0.3 is 5.97 Å². The van der Waals surface area contributed by atoms with Crippen LogP contribution in [0, 0.1) is 6.92 Å². The Bertz CT molecular complexity index is 1040. The summed E-state index contributed by atoms with van der Waals surface area (Å²) in [5.74, 6) is 1.09. The fraction of sp³-hybridized carbons (Fsp3) is 0.238. The second-order valence-corrected chi connectivity index (χ2v) is 6.46. The highest BCUT2D eigenvalue weighted by Crippen LogP contribution is 2.27. The summed E-state index contributed by atoms with van der Waals surface area (Å²) in [6.45, 7) is 2.48. The van der Waals surface area contributed by atoms with E-state index in [1.165, 1.54) is 0 Å². The third-order valence-electron chi connectivity index (χ3n) is 4.51. The molecule has 1 aliphatic rings. The lowest BCUT2D eigenvalue weighted by Gasteiger charge is -2.11. The fourth-order valence-electron chi connectivity index (χ4n) is 3.13. The minimum absolute atomic E-state index is 0.147. The average molecular weight is 365 g/mol. The van der Waals surface area contributed by atoms with E-state index < -0.39 is 0 Å². The molecule has 0 unspecified atom stereocenters. The van der Waals surface area contributed by atoms with Gasteiger partial charge < -0.3 is 19.2 Å². The van der Waals surface area contributed by atoms with Crippen LogP contribution in [-0.4, -0.2) is 18.6 Å². The summed E-state index contributed by atoms with van der Waals surface area (Å²) in [5, 5.41) is 3.46. The lowest BCUT2D eigenvalue weighted by Crippen LogP contribution is -2.34. The summed E-state index contributed by atoms with van der Waals surface area (Å²) in [4.78, 5) is 24.9. The van der Waals surface area contributed by atoms with Gasteiger partial charge in [0, 0.05) is 6.07 Å². The molecule has 138 valence electrons. The van der Waals surface area contributed by atoms with Crippen LogP contribution in [0.3, 0.4) is 0 Å². The number of hydrogen-bond acceptors (Lipinski definition) is 6. The van der Waals surface area contributed by atoms with Gasteiger partial charge in [0.2, 0.25) is 11.2 Å². The molecule has 6 heteroatoms. The van der Waals surface area contributed by atoms with E-state index in [1.807, 2.05) is 18.2 Å². The van der Waals surface area contributed by atoms with Gasteiger partial charge in [-0.15, -0.1) is 0 Å². The van der Waals surface area contributed by atoms with Crippen molar-refractivity contribution in [2.75, 3.05) is 6.54 Å². The van der Waals surface area contributed by atoms with E-state index in [2.05, 4.69) is 5.32 Å². The topological polar surface area (TPSA) is 77.8 Å². The van der Waals surface area contributed by atoms with Crippen LogP contribution in [0.4, 0.5) is 0 Å². The van der Waals surface area contributed by atoms with Gasteiger partial charge in [-0.1, -0.05) is 18.2 Å². The van der Waals surface area contributed by atoms with Crippen molar-refractivity contribution in [2.24, 2.45) is 0 Å². The van der Waals surface area contributed by atoms with E-state index in [-0.39, 0.29) is 23.2 Å². The summed E-state index contributed by atoms with van der Waals surface area (Å²) in [7, 11) is 0. The normalized spacial score (nSPS) is 16.4. The van der Waals surface area contributed by atoms with Crippen molar-refractivity contribution < 1.29 is 18.7 Å². The molecule has 1 aliphatic heterocycles. The number of hydrogen-bond donors (Lipinski definition) is 1. The van der Waals surface area contributed by atoms with Crippen molar-refractivity contribution in [1.29, 1.82) is 0 Å². The Morgan fingerprint density at radius 3 is 2.70 bits per heavy atom. The Labute approximate surface area is 155 Å². The minimum Gasteiger partial charge on any atom is -0.457 e. The lowest BCUT2D eigenvalue weighted by atomic mass is 10.2. The molecule has 1 fully saturated rings. The Kier molecular flexibility index (Phi) is 4.64. The molecule has 27 heavy (non-hydrogen) atoms. The Hall–Kier alpha value is -3.12. The van der Waals surface area contributed by atoms with Crippen LogP contribution in [0.2, 0.25) is 0 Å². The molecule has 4 rings (SSSR count). The molecule has 0 amide bonds. The standard InChI is InChI=1S/C21H19NO5/c1-13-20(26-14-6-3-2-4-7-14)19(23)16-10-9-15(12-18(16)25-13)27-21(24)17-8-5-11-22-17/h2-4,6-7,9-10,12,17,22H,5,8,11H2,1H3/t17-/m0/s1. The first-order valence-corrected chi connectivity index (χ1v) is 8.87. The molecule has 0 spiro atoms. The number of aryl methyl sites for hydroxylation is 1. The average Bonchev–Trinajstić information content (AvgIpc) is 3.21. The van der Waals surface area contributed by atoms with Crippen molar-refractivity contribution in [1.82, 2.24) is 5.32 Å². The fourth-order valence-corrected chi connectivity index (χ4v) is 3.13. The van der Waals surface area contributed by atoms with Gasteiger partial charge in [0.1, 0.15) is 28.9 Å². The van der Waals surface area contributed by atoms with Crippen LogP contribution in [0.25, 0.3) is 11.0 Å². The molecule has 1 saturated heterocycles. The van der Waals surface area contributed by atoms with E-state index in [0.717, 1.165) is 19.4 Å². The van der Waals surface area contributed by atoms with Crippen LogP contribution in [0.1, 0.15) is 18.6 Å². The molecule has 0 saturated carbocycles. The monoisotopic (exact) mass is 365 g/mol. The summed E-state index contributed by atoms with van der Waals surface area (Å²) >= 11 is 0. The maximum absolute atomic E-state index is 12.8. The van der Waals surface area contributed by atoms with Gasteiger partial charge in [-0.25, -0.2) is 4.79 Å². The third kappa shape index (κ3) is 3.57. The maximum atomic E-state index is 12.8. The zero-order valence-electron chi connectivity index (χ0n) is 14.9. The molecule has 6 nitrogen and oxygen atoms in total. The lowest BCUT2D eigenvalue weighted by molar-refractivity contribution is -0.136. The first-order valence-electron chi connectivity index (χ1n) is 8.87. The number of nitrogens with one attached hydrogen (secondary N) is 1. The Morgan fingerprint density at radius 1 is 1.15 bits per heavy atom. The molecule has 1 atom stereocenters.